The topological polar surface area (TPSA) is 66.2 Å². The first-order valence-corrected chi connectivity index (χ1v) is 16.4. The van der Waals surface area contributed by atoms with E-state index in [0.717, 1.165) is 89.4 Å². The molecule has 3 aliphatic carbocycles. The van der Waals surface area contributed by atoms with Crippen LogP contribution >= 0.6 is 0 Å². The van der Waals surface area contributed by atoms with Crippen molar-refractivity contribution in [3.63, 3.8) is 0 Å². The minimum absolute atomic E-state index is 0.0266. The normalized spacial score (nSPS) is 30.8. The number of ether oxygens (including phenoxy) is 2. The first-order chi connectivity index (χ1) is 21.3. The lowest BCUT2D eigenvalue weighted by molar-refractivity contribution is -0.337. The third-order valence-corrected chi connectivity index (χ3v) is 10.2. The zero-order valence-corrected chi connectivity index (χ0v) is 25.9. The highest BCUT2D eigenvalue weighted by atomic mass is 19.4. The van der Waals surface area contributed by atoms with Crippen LogP contribution in [0.25, 0.3) is 0 Å². The first-order valence-electron chi connectivity index (χ1n) is 16.4. The summed E-state index contributed by atoms with van der Waals surface area (Å²) in [6.07, 6.45) is 14.9. The van der Waals surface area contributed by atoms with Gasteiger partial charge in [0.05, 0.1) is 19.3 Å². The Balaban J connectivity index is 1.13. The summed E-state index contributed by atoms with van der Waals surface area (Å²) < 4.78 is 48.8. The van der Waals surface area contributed by atoms with Crippen molar-refractivity contribution in [1.82, 2.24) is 20.0 Å². The van der Waals surface area contributed by atoms with E-state index >= 15 is 0 Å². The van der Waals surface area contributed by atoms with Gasteiger partial charge in [-0.1, -0.05) is 29.9 Å². The third kappa shape index (κ3) is 7.53. The molecule has 0 radical (unpaired) electrons. The Morgan fingerprint density at radius 3 is 2.48 bits per heavy atom. The molecule has 3 heterocycles. The lowest BCUT2D eigenvalue weighted by Gasteiger charge is -2.39. The number of allylic oxidation sites excluding steroid dienone is 2. The molecule has 3 aliphatic heterocycles. The average molecular weight is 616 g/mol. The molecule has 7 nitrogen and oxygen atoms in total. The molecule has 2 saturated heterocycles. The molecule has 0 aromatic rings. The second-order valence-electron chi connectivity index (χ2n) is 13.1. The van der Waals surface area contributed by atoms with Crippen LogP contribution in [0, 0.1) is 11.8 Å². The smallest absolute Gasteiger partial charge is 0.497 e. The molecule has 2 fully saturated rings. The fourth-order valence-corrected chi connectivity index (χ4v) is 7.98. The number of hydrogen-bond acceptors (Lipinski definition) is 7. The summed E-state index contributed by atoms with van der Waals surface area (Å²) in [6, 6.07) is 0.751. The number of hydrogen-bond donors (Lipinski definition) is 2. The Hall–Kier alpha value is -2.37. The van der Waals surface area contributed by atoms with Crippen molar-refractivity contribution in [2.45, 2.75) is 63.1 Å². The molecule has 0 spiro atoms. The van der Waals surface area contributed by atoms with Crippen LogP contribution in [-0.4, -0.2) is 105 Å². The van der Waals surface area contributed by atoms with E-state index in [2.05, 4.69) is 61.3 Å². The summed E-state index contributed by atoms with van der Waals surface area (Å²) in [7, 11) is 1.73. The molecule has 4 atom stereocenters. The summed E-state index contributed by atoms with van der Waals surface area (Å²) in [4.78, 5) is 7.69. The van der Waals surface area contributed by atoms with Crippen LogP contribution in [0.15, 0.2) is 70.7 Å². The van der Waals surface area contributed by atoms with Gasteiger partial charge >= 0.3 is 6.36 Å². The number of piperazine rings is 1. The summed E-state index contributed by atoms with van der Waals surface area (Å²) >= 11 is 0. The zero-order valence-electron chi connectivity index (χ0n) is 25.9. The van der Waals surface area contributed by atoms with Gasteiger partial charge in [-0.2, -0.15) is 0 Å². The van der Waals surface area contributed by atoms with Gasteiger partial charge in [0, 0.05) is 64.0 Å². The lowest BCUT2D eigenvalue weighted by atomic mass is 9.77. The monoisotopic (exact) mass is 615 g/mol. The van der Waals surface area contributed by atoms with Crippen molar-refractivity contribution < 1.29 is 22.6 Å². The summed E-state index contributed by atoms with van der Waals surface area (Å²) in [6.45, 7) is 8.45. The van der Waals surface area contributed by atoms with Crippen molar-refractivity contribution in [2.75, 3.05) is 66.0 Å². The van der Waals surface area contributed by atoms with E-state index in [1.54, 1.807) is 13.2 Å². The van der Waals surface area contributed by atoms with E-state index in [1.807, 2.05) is 0 Å². The van der Waals surface area contributed by atoms with Gasteiger partial charge in [-0.25, -0.2) is 0 Å². The fourth-order valence-electron chi connectivity index (χ4n) is 7.98. The first kappa shape index (κ1) is 31.6. The zero-order chi connectivity index (χ0) is 30.7. The molecule has 0 amide bonds. The van der Waals surface area contributed by atoms with E-state index in [0.29, 0.717) is 24.8 Å². The van der Waals surface area contributed by atoms with Crippen molar-refractivity contribution in [3.05, 3.63) is 70.7 Å². The Morgan fingerprint density at radius 1 is 0.977 bits per heavy atom. The number of methoxy groups -OCH3 is 1. The maximum atomic E-state index is 13.0. The van der Waals surface area contributed by atoms with Gasteiger partial charge in [0.15, 0.2) is 0 Å². The maximum absolute atomic E-state index is 13.0. The van der Waals surface area contributed by atoms with Gasteiger partial charge in [0.1, 0.15) is 5.76 Å². The van der Waals surface area contributed by atoms with Crippen LogP contribution in [0.3, 0.4) is 0 Å². The number of piperidine rings is 1. The number of rotatable bonds is 9. The molecule has 4 unspecified atom stereocenters. The quantitative estimate of drug-likeness (QED) is 0.371. The van der Waals surface area contributed by atoms with Crippen molar-refractivity contribution in [2.24, 2.45) is 17.6 Å². The highest BCUT2D eigenvalue weighted by Gasteiger charge is 2.41. The van der Waals surface area contributed by atoms with Gasteiger partial charge in [-0.3, -0.25) is 9.64 Å². The predicted octanol–water partition coefficient (Wildman–Crippen LogP) is 4.49. The van der Waals surface area contributed by atoms with Crippen LogP contribution < -0.4 is 11.1 Å². The van der Waals surface area contributed by atoms with Crippen LogP contribution in [0.2, 0.25) is 0 Å². The number of nitrogens with zero attached hydrogens (tertiary/aromatic N) is 3. The van der Waals surface area contributed by atoms with Gasteiger partial charge in [-0.15, -0.1) is 13.2 Å². The molecule has 242 valence electrons. The largest absolute Gasteiger partial charge is 0.523 e. The summed E-state index contributed by atoms with van der Waals surface area (Å²) in [5.41, 5.74) is 10.9. The SMILES string of the molecule is COC1=CC(CN2CCN(CC3=CCC4C(=C3)C(C3CCC(OC(F)(F)F)C=C3CN)=CN4C3CCNCC3)CC2)CC=C1. The molecule has 0 saturated carbocycles. The molecule has 0 aromatic heterocycles. The summed E-state index contributed by atoms with van der Waals surface area (Å²) in [5, 5.41) is 3.48. The minimum atomic E-state index is -4.65. The number of alkyl halides is 3. The van der Waals surface area contributed by atoms with E-state index in [-0.39, 0.29) is 18.5 Å². The van der Waals surface area contributed by atoms with E-state index < -0.39 is 12.5 Å². The van der Waals surface area contributed by atoms with E-state index in [9.17, 15) is 13.2 Å². The summed E-state index contributed by atoms with van der Waals surface area (Å²) in [5.74, 6) is 1.49. The minimum Gasteiger partial charge on any atom is -0.497 e. The van der Waals surface area contributed by atoms with Gasteiger partial charge in [0.25, 0.3) is 0 Å². The van der Waals surface area contributed by atoms with Gasteiger partial charge in [0.2, 0.25) is 0 Å². The predicted molar refractivity (Wildman–Crippen MR) is 166 cm³/mol. The number of halogens is 3. The van der Waals surface area contributed by atoms with Crippen LogP contribution in [-0.2, 0) is 9.47 Å². The molecule has 0 bridgehead atoms. The Morgan fingerprint density at radius 2 is 1.75 bits per heavy atom. The molecule has 10 heteroatoms. The molecule has 3 N–H and O–H groups in total. The molecule has 6 rings (SSSR count). The van der Waals surface area contributed by atoms with Gasteiger partial charge in [-0.05, 0) is 86.4 Å². The van der Waals surface area contributed by atoms with Gasteiger partial charge < -0.3 is 25.6 Å². The number of nitrogens with two attached hydrogens (primary N) is 1. The van der Waals surface area contributed by atoms with Crippen LogP contribution in [0.1, 0.15) is 38.5 Å². The second-order valence-corrected chi connectivity index (χ2v) is 13.1. The number of nitrogens with one attached hydrogen (secondary N) is 1. The Kier molecular flexibility index (Phi) is 10.0. The molecule has 44 heavy (non-hydrogen) atoms. The van der Waals surface area contributed by atoms with E-state index in [4.69, 9.17) is 10.5 Å². The standard InChI is InChI=1S/C34H48F3N5O2/c1-43-28-4-2-3-24(17-28)21-40-13-15-41(16-14-40)22-25-5-8-33-31(18-25)32(23-42(33)27-9-11-39-12-10-27)30-7-6-29(19-26(30)20-38)44-34(35,36)37/h2,4-5,17-19,23-24,27,29-30,33,39H,3,6-16,20-22,38H2,1H3. The molecular weight excluding hydrogens is 567 g/mol. The number of fused-ring (bicyclic) bond motifs is 1. The fraction of sp³-hybridized carbons (Fsp3) is 0.647. The highest BCUT2D eigenvalue weighted by Crippen LogP contribution is 2.45. The Labute approximate surface area is 260 Å². The van der Waals surface area contributed by atoms with Crippen molar-refractivity contribution in [3.8, 4) is 0 Å². The van der Waals surface area contributed by atoms with E-state index in [1.165, 1.54) is 16.7 Å². The maximum Gasteiger partial charge on any atom is 0.523 e. The Bertz CT molecular complexity index is 1210. The third-order valence-electron chi connectivity index (χ3n) is 10.2. The molecule has 0 aromatic carbocycles. The second kappa shape index (κ2) is 14.0. The average Bonchev–Trinajstić information content (AvgIpc) is 3.40. The van der Waals surface area contributed by atoms with Crippen molar-refractivity contribution >= 4 is 0 Å². The molecule has 6 aliphatic rings. The van der Waals surface area contributed by atoms with Crippen LogP contribution in [0.4, 0.5) is 13.2 Å². The van der Waals surface area contributed by atoms with Crippen LogP contribution in [0.5, 0.6) is 0 Å². The van der Waals surface area contributed by atoms with Crippen molar-refractivity contribution in [1.29, 1.82) is 0 Å². The molecular formula is C34H48F3N5O2. The highest BCUT2D eigenvalue weighted by molar-refractivity contribution is 5.52. The lowest BCUT2D eigenvalue weighted by Crippen LogP contribution is -2.48.